The lowest BCUT2D eigenvalue weighted by Gasteiger charge is -2.17. The van der Waals surface area contributed by atoms with Crippen molar-refractivity contribution in [1.82, 2.24) is 25.1 Å². The normalized spacial score (nSPS) is 16.9. The van der Waals surface area contributed by atoms with Crippen molar-refractivity contribution in [3.05, 3.63) is 53.6 Å². The van der Waals surface area contributed by atoms with Crippen LogP contribution in [-0.4, -0.2) is 39.3 Å². The summed E-state index contributed by atoms with van der Waals surface area (Å²) in [7, 11) is 3.51. The Morgan fingerprint density at radius 1 is 1.32 bits per heavy atom. The van der Waals surface area contributed by atoms with Gasteiger partial charge in [0.2, 0.25) is 0 Å². The Balaban J connectivity index is 1.71. The first-order valence-corrected chi connectivity index (χ1v) is 8.14. The van der Waals surface area contributed by atoms with Crippen LogP contribution >= 0.6 is 0 Å². The third-order valence-corrected chi connectivity index (χ3v) is 4.51. The molecule has 4 rings (SSSR count). The van der Waals surface area contributed by atoms with E-state index in [-0.39, 0.29) is 11.8 Å². The molecule has 0 bridgehead atoms. The number of hydrogen-bond acceptors (Lipinski definition) is 4. The van der Waals surface area contributed by atoms with Crippen LogP contribution < -0.4 is 10.1 Å². The smallest absolute Gasteiger partial charge is 0.271 e. The molecular formula is C18H19N5O2. The van der Waals surface area contributed by atoms with E-state index in [1.54, 1.807) is 18.0 Å². The molecule has 0 radical (unpaired) electrons. The quantitative estimate of drug-likeness (QED) is 0.764. The molecule has 3 heterocycles. The second-order valence-corrected chi connectivity index (χ2v) is 6.17. The van der Waals surface area contributed by atoms with E-state index in [2.05, 4.69) is 20.4 Å². The molecule has 1 aliphatic rings. The molecule has 0 aliphatic carbocycles. The fraction of sp³-hybridized carbons (Fsp3) is 0.278. The maximum Gasteiger partial charge on any atom is 0.271 e. The molecule has 2 N–H and O–H groups in total. The summed E-state index contributed by atoms with van der Waals surface area (Å²) >= 11 is 0. The number of fused-ring (bicyclic) bond motifs is 1. The van der Waals surface area contributed by atoms with Crippen molar-refractivity contribution in [2.24, 2.45) is 7.05 Å². The Hall–Kier alpha value is -3.09. The largest absolute Gasteiger partial charge is 0.496 e. The van der Waals surface area contributed by atoms with Gasteiger partial charge in [0.1, 0.15) is 17.3 Å². The lowest BCUT2D eigenvalue weighted by Crippen LogP contribution is -2.26. The molecular weight excluding hydrogens is 318 g/mol. The average Bonchev–Trinajstić information content (AvgIpc) is 3.21. The number of ether oxygens (including phenoxy) is 1. The number of nitrogens with one attached hydrogen (secondary N) is 2. The number of imidazole rings is 1. The zero-order chi connectivity index (χ0) is 17.4. The summed E-state index contributed by atoms with van der Waals surface area (Å²) in [6.45, 7) is 0.547. The zero-order valence-corrected chi connectivity index (χ0v) is 14.1. The van der Waals surface area contributed by atoms with E-state index in [0.29, 0.717) is 24.5 Å². The minimum atomic E-state index is -0.154. The highest BCUT2D eigenvalue weighted by Crippen LogP contribution is 2.31. The highest BCUT2D eigenvalue weighted by atomic mass is 16.5. The number of benzene rings is 1. The van der Waals surface area contributed by atoms with E-state index in [4.69, 9.17) is 4.74 Å². The lowest BCUT2D eigenvalue weighted by molar-refractivity contribution is 0.0950. The molecule has 7 heteroatoms. The van der Waals surface area contributed by atoms with Gasteiger partial charge in [-0.05, 0) is 18.1 Å². The van der Waals surface area contributed by atoms with Gasteiger partial charge in [0.25, 0.3) is 5.91 Å². The van der Waals surface area contributed by atoms with E-state index >= 15 is 0 Å². The number of nitrogens with zero attached hydrogens (tertiary/aromatic N) is 3. The number of carbonyl (C=O) groups is 1. The molecule has 3 aromatic rings. The molecule has 2 aromatic heterocycles. The highest BCUT2D eigenvalue weighted by Gasteiger charge is 2.28. The SMILES string of the molecule is COc1ccccc1C1CNC(=O)c2nc(-c3cnn(C)c3)[nH]c2C1. The molecule has 0 fully saturated rings. The molecule has 25 heavy (non-hydrogen) atoms. The second-order valence-electron chi connectivity index (χ2n) is 6.17. The molecule has 1 aromatic carbocycles. The zero-order valence-electron chi connectivity index (χ0n) is 14.1. The Labute approximate surface area is 145 Å². The number of methoxy groups -OCH3 is 1. The fourth-order valence-corrected chi connectivity index (χ4v) is 3.27. The molecule has 0 saturated heterocycles. The predicted molar refractivity (Wildman–Crippen MR) is 92.6 cm³/mol. The van der Waals surface area contributed by atoms with Crippen LogP contribution in [0.25, 0.3) is 11.4 Å². The summed E-state index contributed by atoms with van der Waals surface area (Å²) < 4.78 is 7.19. The number of hydrogen-bond donors (Lipinski definition) is 2. The van der Waals surface area contributed by atoms with Crippen LogP contribution in [0.2, 0.25) is 0 Å². The van der Waals surface area contributed by atoms with Crippen molar-refractivity contribution in [3.8, 4) is 17.1 Å². The van der Waals surface area contributed by atoms with Gasteiger partial charge in [-0.15, -0.1) is 0 Å². The van der Waals surface area contributed by atoms with Gasteiger partial charge in [0.15, 0.2) is 0 Å². The third-order valence-electron chi connectivity index (χ3n) is 4.51. The molecule has 128 valence electrons. The summed E-state index contributed by atoms with van der Waals surface area (Å²) in [5, 5.41) is 7.13. The van der Waals surface area contributed by atoms with Gasteiger partial charge < -0.3 is 15.0 Å². The van der Waals surface area contributed by atoms with Crippen molar-refractivity contribution in [1.29, 1.82) is 0 Å². The molecule has 0 saturated carbocycles. The summed E-state index contributed by atoms with van der Waals surface area (Å²) in [5.41, 5.74) is 3.23. The van der Waals surface area contributed by atoms with Crippen LogP contribution in [-0.2, 0) is 13.5 Å². The minimum absolute atomic E-state index is 0.114. The van der Waals surface area contributed by atoms with Crippen LogP contribution in [0.1, 0.15) is 27.7 Å². The first kappa shape index (κ1) is 15.4. The number of aromatic amines is 1. The topological polar surface area (TPSA) is 84.8 Å². The number of rotatable bonds is 3. The number of H-pyrrole nitrogens is 1. The van der Waals surface area contributed by atoms with Gasteiger partial charge in [0, 0.05) is 31.4 Å². The van der Waals surface area contributed by atoms with Crippen molar-refractivity contribution in [2.75, 3.05) is 13.7 Å². The summed E-state index contributed by atoms with van der Waals surface area (Å²) in [5.74, 6) is 1.45. The summed E-state index contributed by atoms with van der Waals surface area (Å²) in [4.78, 5) is 20.2. The Kier molecular flexibility index (Phi) is 3.76. The van der Waals surface area contributed by atoms with Gasteiger partial charge in [-0.2, -0.15) is 5.10 Å². The van der Waals surface area contributed by atoms with Crippen LogP contribution in [0.15, 0.2) is 36.7 Å². The summed E-state index contributed by atoms with van der Waals surface area (Å²) in [6.07, 6.45) is 4.28. The van der Waals surface area contributed by atoms with E-state index in [9.17, 15) is 4.79 Å². The number of para-hydroxylation sites is 1. The van der Waals surface area contributed by atoms with Crippen molar-refractivity contribution in [2.45, 2.75) is 12.3 Å². The first-order chi connectivity index (χ1) is 12.2. The van der Waals surface area contributed by atoms with Crippen molar-refractivity contribution >= 4 is 5.91 Å². The maximum atomic E-state index is 12.4. The van der Waals surface area contributed by atoms with Crippen LogP contribution in [0, 0.1) is 0 Å². The van der Waals surface area contributed by atoms with Crippen LogP contribution in [0.4, 0.5) is 0 Å². The Morgan fingerprint density at radius 3 is 2.92 bits per heavy atom. The number of carbonyl (C=O) groups excluding carboxylic acids is 1. The molecule has 1 unspecified atom stereocenters. The summed E-state index contributed by atoms with van der Waals surface area (Å²) in [6, 6.07) is 7.91. The Bertz CT molecular complexity index is 927. The van der Waals surface area contributed by atoms with Gasteiger partial charge in [-0.3, -0.25) is 9.48 Å². The standard InChI is InChI=1S/C18H19N5O2/c1-23-10-12(9-20-23)17-21-14-7-11(8-19-18(24)16(14)22-17)13-5-3-4-6-15(13)25-2/h3-6,9-11H,7-8H2,1-2H3,(H,19,24)(H,21,22). The van der Waals surface area contributed by atoms with Gasteiger partial charge in [-0.1, -0.05) is 18.2 Å². The van der Waals surface area contributed by atoms with Crippen LogP contribution in [0.5, 0.6) is 5.75 Å². The van der Waals surface area contributed by atoms with E-state index < -0.39 is 0 Å². The van der Waals surface area contributed by atoms with Gasteiger partial charge in [-0.25, -0.2) is 4.98 Å². The number of aromatic nitrogens is 4. The first-order valence-electron chi connectivity index (χ1n) is 8.14. The second kappa shape index (κ2) is 6.08. The molecule has 7 nitrogen and oxygen atoms in total. The average molecular weight is 337 g/mol. The minimum Gasteiger partial charge on any atom is -0.496 e. The van der Waals surface area contributed by atoms with Gasteiger partial charge >= 0.3 is 0 Å². The maximum absolute atomic E-state index is 12.4. The van der Waals surface area contributed by atoms with Crippen molar-refractivity contribution < 1.29 is 9.53 Å². The monoisotopic (exact) mass is 337 g/mol. The van der Waals surface area contributed by atoms with Crippen LogP contribution in [0.3, 0.4) is 0 Å². The van der Waals surface area contributed by atoms with E-state index in [0.717, 1.165) is 22.6 Å². The number of aryl methyl sites for hydroxylation is 1. The fourth-order valence-electron chi connectivity index (χ4n) is 3.27. The Morgan fingerprint density at radius 2 is 2.16 bits per heavy atom. The highest BCUT2D eigenvalue weighted by molar-refractivity contribution is 5.94. The third kappa shape index (κ3) is 2.77. The molecule has 0 spiro atoms. The number of amides is 1. The van der Waals surface area contributed by atoms with E-state index in [1.807, 2.05) is 37.5 Å². The molecule has 1 amide bonds. The van der Waals surface area contributed by atoms with E-state index in [1.165, 1.54) is 0 Å². The molecule has 1 atom stereocenters. The van der Waals surface area contributed by atoms with Gasteiger partial charge in [0.05, 0.1) is 18.9 Å². The lowest BCUT2D eigenvalue weighted by atomic mass is 9.93. The van der Waals surface area contributed by atoms with Crippen molar-refractivity contribution in [3.63, 3.8) is 0 Å². The molecule has 1 aliphatic heterocycles. The predicted octanol–water partition coefficient (Wildman–Crippen LogP) is 1.89.